The summed E-state index contributed by atoms with van der Waals surface area (Å²) in [7, 11) is 0. The van der Waals surface area contributed by atoms with E-state index in [0.29, 0.717) is 30.0 Å². The average molecular weight is 456 g/mol. The lowest BCUT2D eigenvalue weighted by Crippen LogP contribution is -2.40. The second-order valence-electron chi connectivity index (χ2n) is 9.31. The number of hydrogen-bond donors (Lipinski definition) is 1. The lowest BCUT2D eigenvalue weighted by atomic mass is 9.81. The van der Waals surface area contributed by atoms with Crippen LogP contribution in [0.4, 0.5) is 5.69 Å². The molecule has 0 bridgehead atoms. The van der Waals surface area contributed by atoms with E-state index in [4.69, 9.17) is 14.2 Å². The van der Waals surface area contributed by atoms with E-state index in [1.165, 1.54) is 6.42 Å². The van der Waals surface area contributed by atoms with Crippen molar-refractivity contribution in [1.82, 2.24) is 4.90 Å². The summed E-state index contributed by atoms with van der Waals surface area (Å²) in [4.78, 5) is 50.4. The average Bonchev–Trinajstić information content (AvgIpc) is 3.28. The van der Waals surface area contributed by atoms with E-state index in [9.17, 15) is 19.2 Å². The van der Waals surface area contributed by atoms with Crippen molar-refractivity contribution < 1.29 is 33.4 Å². The molecule has 5 rings (SSSR count). The number of ether oxygens (including phenoxy) is 3. The Balaban J connectivity index is 1.11. The fourth-order valence-corrected chi connectivity index (χ4v) is 5.37. The number of imide groups is 1. The van der Waals surface area contributed by atoms with Gasteiger partial charge in [-0.1, -0.05) is 19.3 Å². The first-order valence-corrected chi connectivity index (χ1v) is 11.8. The molecule has 2 aliphatic heterocycles. The van der Waals surface area contributed by atoms with E-state index in [1.54, 1.807) is 18.2 Å². The predicted molar refractivity (Wildman–Crippen MR) is 115 cm³/mol. The molecule has 2 atom stereocenters. The van der Waals surface area contributed by atoms with Crippen LogP contribution in [-0.2, 0) is 23.9 Å². The number of nitrogens with one attached hydrogen (secondary N) is 1. The third-order valence-corrected chi connectivity index (χ3v) is 7.02. The molecular weight excluding hydrogens is 428 g/mol. The fraction of sp³-hybridized carbons (Fsp3) is 0.583. The Morgan fingerprint density at radius 2 is 1.64 bits per heavy atom. The van der Waals surface area contributed by atoms with Gasteiger partial charge in [0.05, 0.1) is 11.8 Å². The highest BCUT2D eigenvalue weighted by atomic mass is 16.7. The standard InChI is InChI=1S/C24H28N2O7/c27-20(14-31-21(28)13-26-22(29)16-6-2-3-7-17(16)23(26)30)25-15-8-9-18-19(12-15)33-24(32-18)10-4-1-5-11-24/h8-9,12,16-17H,1-7,10-11,13-14H2,(H,25,27)/t16-,17+. The normalized spacial score (nSPS) is 25.2. The molecule has 0 aromatic heterocycles. The molecular formula is C24H28N2O7. The van der Waals surface area contributed by atoms with Crippen LogP contribution in [0, 0.1) is 11.8 Å². The van der Waals surface area contributed by atoms with E-state index in [2.05, 4.69) is 5.32 Å². The maximum Gasteiger partial charge on any atom is 0.326 e. The fourth-order valence-electron chi connectivity index (χ4n) is 5.37. The van der Waals surface area contributed by atoms with Gasteiger partial charge in [-0.25, -0.2) is 0 Å². The summed E-state index contributed by atoms with van der Waals surface area (Å²) in [6.45, 7) is -0.968. The highest BCUT2D eigenvalue weighted by molar-refractivity contribution is 6.07. The summed E-state index contributed by atoms with van der Waals surface area (Å²) in [5, 5.41) is 2.67. The van der Waals surface area contributed by atoms with Gasteiger partial charge < -0.3 is 19.5 Å². The zero-order valence-corrected chi connectivity index (χ0v) is 18.5. The monoisotopic (exact) mass is 456 g/mol. The van der Waals surface area contributed by atoms with Crippen molar-refractivity contribution in [2.75, 3.05) is 18.5 Å². The number of carbonyl (C=O) groups excluding carboxylic acids is 4. The Morgan fingerprint density at radius 1 is 0.970 bits per heavy atom. The van der Waals surface area contributed by atoms with Gasteiger partial charge in [0.15, 0.2) is 18.1 Å². The van der Waals surface area contributed by atoms with E-state index in [-0.39, 0.29) is 23.7 Å². The second kappa shape index (κ2) is 8.68. The van der Waals surface area contributed by atoms with Crippen molar-refractivity contribution in [1.29, 1.82) is 0 Å². The molecule has 33 heavy (non-hydrogen) atoms. The summed E-state index contributed by atoms with van der Waals surface area (Å²) >= 11 is 0. The number of amides is 3. The number of likely N-dealkylation sites (tertiary alicyclic amines) is 1. The van der Waals surface area contributed by atoms with Gasteiger partial charge in [-0.05, 0) is 37.8 Å². The van der Waals surface area contributed by atoms with E-state index in [0.717, 1.165) is 43.4 Å². The summed E-state index contributed by atoms with van der Waals surface area (Å²) in [6, 6.07) is 5.15. The van der Waals surface area contributed by atoms with Gasteiger partial charge in [0, 0.05) is 24.6 Å². The number of rotatable bonds is 5. The smallest absolute Gasteiger partial charge is 0.326 e. The summed E-state index contributed by atoms with van der Waals surface area (Å²) in [5.74, 6) is -1.91. The molecule has 3 amide bonds. The first kappa shape index (κ1) is 21.7. The van der Waals surface area contributed by atoms with Crippen molar-refractivity contribution in [3.05, 3.63) is 18.2 Å². The summed E-state index contributed by atoms with van der Waals surface area (Å²) in [5.41, 5.74) is 0.500. The zero-order valence-electron chi connectivity index (χ0n) is 18.5. The van der Waals surface area contributed by atoms with Gasteiger partial charge in [-0.2, -0.15) is 0 Å². The molecule has 0 unspecified atom stereocenters. The topological polar surface area (TPSA) is 111 Å². The SMILES string of the molecule is O=C(COC(=O)CN1C(=O)[C@H]2CCCC[C@H]2C1=O)Nc1ccc2c(c1)OC1(CCCCC1)O2. The highest BCUT2D eigenvalue weighted by Crippen LogP contribution is 2.46. The third-order valence-electron chi connectivity index (χ3n) is 7.02. The summed E-state index contributed by atoms with van der Waals surface area (Å²) < 4.78 is 17.1. The van der Waals surface area contributed by atoms with Gasteiger partial charge in [0.2, 0.25) is 11.8 Å². The van der Waals surface area contributed by atoms with Crippen LogP contribution < -0.4 is 14.8 Å². The molecule has 9 nitrogen and oxygen atoms in total. The molecule has 9 heteroatoms. The van der Waals surface area contributed by atoms with Crippen LogP contribution in [0.3, 0.4) is 0 Å². The van der Waals surface area contributed by atoms with Crippen LogP contribution in [0.2, 0.25) is 0 Å². The molecule has 2 aliphatic carbocycles. The molecule has 176 valence electrons. The van der Waals surface area contributed by atoms with Crippen LogP contribution in [0.25, 0.3) is 0 Å². The first-order chi connectivity index (χ1) is 15.9. The molecule has 1 saturated heterocycles. The number of fused-ring (bicyclic) bond motifs is 2. The largest absolute Gasteiger partial charge is 0.454 e. The predicted octanol–water partition coefficient (Wildman–Crippen LogP) is 2.78. The quantitative estimate of drug-likeness (QED) is 0.536. The van der Waals surface area contributed by atoms with Crippen LogP contribution in [-0.4, -0.2) is 47.5 Å². The first-order valence-electron chi connectivity index (χ1n) is 11.8. The van der Waals surface area contributed by atoms with Gasteiger partial charge in [-0.3, -0.25) is 24.1 Å². The maximum absolute atomic E-state index is 12.5. The highest BCUT2D eigenvalue weighted by Gasteiger charge is 2.48. The minimum atomic E-state index is -0.782. The lowest BCUT2D eigenvalue weighted by molar-refractivity contribution is -0.154. The number of hydrogen-bond acceptors (Lipinski definition) is 7. The van der Waals surface area contributed by atoms with Gasteiger partial charge in [0.25, 0.3) is 11.7 Å². The van der Waals surface area contributed by atoms with Crippen LogP contribution >= 0.6 is 0 Å². The van der Waals surface area contributed by atoms with E-state index >= 15 is 0 Å². The van der Waals surface area contributed by atoms with Crippen molar-refractivity contribution in [3.63, 3.8) is 0 Å². The number of esters is 1. The molecule has 3 fully saturated rings. The van der Waals surface area contributed by atoms with Crippen LogP contribution in [0.15, 0.2) is 18.2 Å². The van der Waals surface area contributed by atoms with Crippen molar-refractivity contribution in [2.45, 2.75) is 63.6 Å². The number of nitrogens with zero attached hydrogens (tertiary/aromatic N) is 1. The number of anilines is 1. The van der Waals surface area contributed by atoms with Crippen LogP contribution in [0.5, 0.6) is 11.5 Å². The molecule has 2 saturated carbocycles. The molecule has 0 radical (unpaired) electrons. The number of carbonyl (C=O) groups is 4. The zero-order chi connectivity index (χ0) is 23.0. The van der Waals surface area contributed by atoms with Crippen molar-refractivity contribution >= 4 is 29.4 Å². The Labute approximate surface area is 191 Å². The molecule has 4 aliphatic rings. The maximum atomic E-state index is 12.5. The molecule has 1 aromatic rings. The van der Waals surface area contributed by atoms with Crippen molar-refractivity contribution in [3.8, 4) is 11.5 Å². The molecule has 1 N–H and O–H groups in total. The Kier molecular flexibility index (Phi) is 5.72. The van der Waals surface area contributed by atoms with Crippen LogP contribution in [0.1, 0.15) is 57.8 Å². The Hall–Kier alpha value is -3.10. The van der Waals surface area contributed by atoms with E-state index in [1.807, 2.05) is 0 Å². The number of benzene rings is 1. The second-order valence-corrected chi connectivity index (χ2v) is 9.31. The minimum absolute atomic E-state index is 0.304. The Bertz CT molecular complexity index is 961. The van der Waals surface area contributed by atoms with Gasteiger partial charge in [0.1, 0.15) is 6.54 Å². The summed E-state index contributed by atoms with van der Waals surface area (Å²) in [6.07, 6.45) is 8.15. The third kappa shape index (κ3) is 4.28. The molecule has 1 spiro atoms. The minimum Gasteiger partial charge on any atom is -0.454 e. The Morgan fingerprint density at radius 3 is 2.33 bits per heavy atom. The van der Waals surface area contributed by atoms with Crippen molar-refractivity contribution in [2.24, 2.45) is 11.8 Å². The molecule has 1 aromatic carbocycles. The van der Waals surface area contributed by atoms with Gasteiger partial charge in [-0.15, -0.1) is 0 Å². The van der Waals surface area contributed by atoms with Gasteiger partial charge >= 0.3 is 5.97 Å². The van der Waals surface area contributed by atoms with E-state index < -0.39 is 30.8 Å². The lowest BCUT2D eigenvalue weighted by Gasteiger charge is -2.31. The molecule has 2 heterocycles.